The second kappa shape index (κ2) is 8.84. The molecule has 1 aliphatic rings. The number of aromatic nitrogens is 2. The van der Waals surface area contributed by atoms with Gasteiger partial charge in [0.1, 0.15) is 0 Å². The minimum atomic E-state index is -0.0996. The minimum absolute atomic E-state index is 0.0996. The number of hydrogen-bond donors (Lipinski definition) is 2. The van der Waals surface area contributed by atoms with E-state index in [4.69, 9.17) is 0 Å². The van der Waals surface area contributed by atoms with Crippen LogP contribution >= 0.6 is 0 Å². The van der Waals surface area contributed by atoms with Crippen molar-refractivity contribution in [3.63, 3.8) is 0 Å². The third-order valence-electron chi connectivity index (χ3n) is 5.89. The van der Waals surface area contributed by atoms with Crippen molar-refractivity contribution in [2.75, 3.05) is 18.4 Å². The van der Waals surface area contributed by atoms with Crippen LogP contribution in [0.25, 0.3) is 5.69 Å². The van der Waals surface area contributed by atoms with E-state index in [2.05, 4.69) is 53.8 Å². The Kier molecular flexibility index (Phi) is 6.00. The van der Waals surface area contributed by atoms with Crippen LogP contribution in [0.1, 0.15) is 65.7 Å². The Morgan fingerprint density at radius 2 is 1.73 bits per heavy atom. The third-order valence-corrected chi connectivity index (χ3v) is 5.89. The monoisotopic (exact) mass is 402 g/mol. The van der Waals surface area contributed by atoms with Gasteiger partial charge in [0.25, 0.3) is 5.91 Å². The van der Waals surface area contributed by atoms with Gasteiger partial charge in [-0.2, -0.15) is 5.10 Å². The molecule has 1 amide bonds. The van der Waals surface area contributed by atoms with Gasteiger partial charge in [-0.15, -0.1) is 0 Å². The van der Waals surface area contributed by atoms with E-state index < -0.39 is 0 Å². The molecule has 1 aliphatic heterocycles. The molecule has 30 heavy (non-hydrogen) atoms. The first kappa shape index (κ1) is 20.4. The van der Waals surface area contributed by atoms with Crippen molar-refractivity contribution >= 4 is 11.6 Å². The normalized spacial score (nSPS) is 14.8. The molecule has 156 valence electrons. The Labute approximate surface area is 178 Å². The maximum atomic E-state index is 13.2. The number of amides is 1. The lowest BCUT2D eigenvalue weighted by Crippen LogP contribution is -2.29. The lowest BCUT2D eigenvalue weighted by Gasteiger charge is -2.25. The smallest absolute Gasteiger partial charge is 0.259 e. The summed E-state index contributed by atoms with van der Waals surface area (Å²) in [6.07, 6.45) is 3.72. The van der Waals surface area contributed by atoms with Crippen LogP contribution in [0.2, 0.25) is 0 Å². The number of aryl methyl sites for hydroxylation is 1. The van der Waals surface area contributed by atoms with Gasteiger partial charge in [-0.1, -0.05) is 43.7 Å². The Morgan fingerprint density at radius 1 is 1.07 bits per heavy atom. The quantitative estimate of drug-likeness (QED) is 0.630. The molecule has 4 rings (SSSR count). The van der Waals surface area contributed by atoms with Crippen LogP contribution in [0.3, 0.4) is 0 Å². The zero-order chi connectivity index (χ0) is 21.1. The lowest BCUT2D eigenvalue weighted by atomic mass is 9.91. The number of rotatable bonds is 5. The standard InChI is InChI=1S/C25H30N4O/c1-17(2)19-6-10-22(11-7-19)29-24(20-12-14-26-15-13-20)23(16-27-29)25(30)28-21-8-4-18(3)5-9-21/h4-11,16-17,20,26H,12-15H2,1-3H3,(H,28,30). The van der Waals surface area contributed by atoms with E-state index in [1.54, 1.807) is 6.20 Å². The van der Waals surface area contributed by atoms with Crippen molar-refractivity contribution in [2.45, 2.75) is 45.4 Å². The van der Waals surface area contributed by atoms with E-state index in [0.29, 0.717) is 17.4 Å². The van der Waals surface area contributed by atoms with E-state index in [1.807, 2.05) is 35.9 Å². The second-order valence-corrected chi connectivity index (χ2v) is 8.45. The summed E-state index contributed by atoms with van der Waals surface area (Å²) in [4.78, 5) is 13.2. The average molecular weight is 403 g/mol. The highest BCUT2D eigenvalue weighted by Crippen LogP contribution is 2.31. The van der Waals surface area contributed by atoms with Crippen molar-refractivity contribution < 1.29 is 4.79 Å². The molecule has 0 aliphatic carbocycles. The van der Waals surface area contributed by atoms with E-state index in [0.717, 1.165) is 43.0 Å². The number of benzene rings is 2. The maximum Gasteiger partial charge on any atom is 0.259 e. The van der Waals surface area contributed by atoms with Gasteiger partial charge in [0, 0.05) is 11.6 Å². The molecule has 0 bridgehead atoms. The van der Waals surface area contributed by atoms with E-state index in [-0.39, 0.29) is 5.91 Å². The van der Waals surface area contributed by atoms with Crippen LogP contribution in [-0.2, 0) is 0 Å². The first-order valence-corrected chi connectivity index (χ1v) is 10.8. The Hall–Kier alpha value is -2.92. The highest BCUT2D eigenvalue weighted by atomic mass is 16.1. The van der Waals surface area contributed by atoms with Crippen molar-refractivity contribution in [3.05, 3.63) is 77.1 Å². The number of anilines is 1. The first-order valence-electron chi connectivity index (χ1n) is 10.8. The van der Waals surface area contributed by atoms with Gasteiger partial charge in [-0.3, -0.25) is 4.79 Å². The summed E-state index contributed by atoms with van der Waals surface area (Å²) in [5.41, 5.74) is 5.94. The number of nitrogens with zero attached hydrogens (tertiary/aromatic N) is 2. The van der Waals surface area contributed by atoms with Gasteiger partial charge in [0.2, 0.25) is 0 Å². The number of nitrogens with one attached hydrogen (secondary N) is 2. The van der Waals surface area contributed by atoms with Crippen LogP contribution in [0.5, 0.6) is 0 Å². The predicted octanol–water partition coefficient (Wildman–Crippen LogP) is 5.02. The highest BCUT2D eigenvalue weighted by molar-refractivity contribution is 6.05. The van der Waals surface area contributed by atoms with E-state index >= 15 is 0 Å². The summed E-state index contributed by atoms with van der Waals surface area (Å²) in [5.74, 6) is 0.686. The topological polar surface area (TPSA) is 59.0 Å². The fourth-order valence-corrected chi connectivity index (χ4v) is 4.06. The molecule has 0 saturated carbocycles. The summed E-state index contributed by atoms with van der Waals surface area (Å²) in [6, 6.07) is 16.4. The van der Waals surface area contributed by atoms with Crippen molar-refractivity contribution in [2.24, 2.45) is 0 Å². The van der Waals surface area contributed by atoms with Gasteiger partial charge in [-0.05, 0) is 68.6 Å². The van der Waals surface area contributed by atoms with Crippen LogP contribution in [0.4, 0.5) is 5.69 Å². The number of hydrogen-bond acceptors (Lipinski definition) is 3. The first-order chi connectivity index (χ1) is 14.5. The largest absolute Gasteiger partial charge is 0.322 e. The lowest BCUT2D eigenvalue weighted by molar-refractivity contribution is 0.102. The van der Waals surface area contributed by atoms with Crippen molar-refractivity contribution in [1.82, 2.24) is 15.1 Å². The van der Waals surface area contributed by atoms with Crippen molar-refractivity contribution in [1.29, 1.82) is 0 Å². The Bertz CT molecular complexity index is 997. The van der Waals surface area contributed by atoms with Crippen LogP contribution in [0.15, 0.2) is 54.7 Å². The molecule has 5 heteroatoms. The highest BCUT2D eigenvalue weighted by Gasteiger charge is 2.27. The molecule has 1 aromatic heterocycles. The van der Waals surface area contributed by atoms with Crippen LogP contribution in [0, 0.1) is 6.92 Å². The molecular weight excluding hydrogens is 372 g/mol. The zero-order valence-corrected chi connectivity index (χ0v) is 18.0. The minimum Gasteiger partial charge on any atom is -0.322 e. The fraction of sp³-hybridized carbons (Fsp3) is 0.360. The number of carbonyl (C=O) groups excluding carboxylic acids is 1. The summed E-state index contributed by atoms with van der Waals surface area (Å²) < 4.78 is 1.96. The average Bonchev–Trinajstić information content (AvgIpc) is 3.21. The molecule has 0 radical (unpaired) electrons. The van der Waals surface area contributed by atoms with Gasteiger partial charge in [0.05, 0.1) is 23.1 Å². The SMILES string of the molecule is Cc1ccc(NC(=O)c2cnn(-c3ccc(C(C)C)cc3)c2C2CCNCC2)cc1. The molecule has 0 spiro atoms. The zero-order valence-electron chi connectivity index (χ0n) is 18.0. The second-order valence-electron chi connectivity index (χ2n) is 8.45. The van der Waals surface area contributed by atoms with E-state index in [9.17, 15) is 4.79 Å². The summed E-state index contributed by atoms with van der Waals surface area (Å²) in [6.45, 7) is 8.34. The van der Waals surface area contributed by atoms with E-state index in [1.165, 1.54) is 11.1 Å². The number of carbonyl (C=O) groups is 1. The molecule has 2 aromatic carbocycles. The molecule has 3 aromatic rings. The summed E-state index contributed by atoms with van der Waals surface area (Å²) in [5, 5.41) is 11.1. The Balaban J connectivity index is 1.69. The van der Waals surface area contributed by atoms with Gasteiger partial charge >= 0.3 is 0 Å². The Morgan fingerprint density at radius 3 is 2.37 bits per heavy atom. The van der Waals surface area contributed by atoms with Gasteiger partial charge < -0.3 is 10.6 Å². The third kappa shape index (κ3) is 4.31. The van der Waals surface area contributed by atoms with Gasteiger partial charge in [-0.25, -0.2) is 4.68 Å². The van der Waals surface area contributed by atoms with Gasteiger partial charge in [0.15, 0.2) is 0 Å². The molecule has 1 fully saturated rings. The summed E-state index contributed by atoms with van der Waals surface area (Å²) >= 11 is 0. The maximum absolute atomic E-state index is 13.2. The summed E-state index contributed by atoms with van der Waals surface area (Å²) in [7, 11) is 0. The molecule has 0 unspecified atom stereocenters. The predicted molar refractivity (Wildman–Crippen MR) is 122 cm³/mol. The van der Waals surface area contributed by atoms with Crippen molar-refractivity contribution in [3.8, 4) is 5.69 Å². The molecule has 1 saturated heterocycles. The molecule has 2 N–H and O–H groups in total. The van der Waals surface area contributed by atoms with Crippen LogP contribution in [-0.4, -0.2) is 28.8 Å². The number of piperidine rings is 1. The molecule has 2 heterocycles. The molecule has 0 atom stereocenters. The molecule has 5 nitrogen and oxygen atoms in total. The van der Waals surface area contributed by atoms with Crippen LogP contribution < -0.4 is 10.6 Å². The fourth-order valence-electron chi connectivity index (χ4n) is 4.06. The molecular formula is C25H30N4O.